The third-order valence-electron chi connectivity index (χ3n) is 3.54. The normalized spacial score (nSPS) is 11.2. The van der Waals surface area contributed by atoms with Gasteiger partial charge in [0.25, 0.3) is 0 Å². The highest BCUT2D eigenvalue weighted by Crippen LogP contribution is 2.37. The second-order valence-corrected chi connectivity index (χ2v) is 5.70. The van der Waals surface area contributed by atoms with E-state index in [0.717, 1.165) is 21.0 Å². The fraction of sp³-hybridized carbons (Fsp3) is 0. The summed E-state index contributed by atoms with van der Waals surface area (Å²) in [6.45, 7) is 0. The van der Waals surface area contributed by atoms with Crippen molar-refractivity contribution in [1.29, 1.82) is 0 Å². The van der Waals surface area contributed by atoms with Crippen molar-refractivity contribution in [1.82, 2.24) is 0 Å². The Morgan fingerprint density at radius 3 is 2.45 bits per heavy atom. The maximum atomic E-state index is 5.97. The summed E-state index contributed by atoms with van der Waals surface area (Å²) >= 11 is 3.49. The number of rotatable bonds is 1. The molecule has 0 aliphatic heterocycles. The summed E-state index contributed by atoms with van der Waals surface area (Å²) in [7, 11) is 0. The molecule has 0 spiro atoms. The second-order valence-electron chi connectivity index (χ2n) is 4.79. The van der Waals surface area contributed by atoms with Gasteiger partial charge in [-0.15, -0.1) is 0 Å². The highest BCUT2D eigenvalue weighted by Gasteiger charge is 2.12. The summed E-state index contributed by atoms with van der Waals surface area (Å²) in [6, 6.07) is 22.8. The van der Waals surface area contributed by atoms with Crippen LogP contribution in [0.15, 0.2) is 75.6 Å². The Morgan fingerprint density at radius 1 is 0.750 bits per heavy atom. The molecule has 2 heteroatoms. The van der Waals surface area contributed by atoms with Gasteiger partial charge in [-0.1, -0.05) is 58.4 Å². The summed E-state index contributed by atoms with van der Waals surface area (Å²) in [5.74, 6) is 0. The van der Waals surface area contributed by atoms with Gasteiger partial charge in [0, 0.05) is 15.2 Å². The smallest absolute Gasteiger partial charge is 0.136 e. The molecule has 1 aromatic heterocycles. The molecule has 0 N–H and O–H groups in total. The van der Waals surface area contributed by atoms with E-state index < -0.39 is 0 Å². The predicted octanol–water partition coefficient (Wildman–Crippen LogP) is 6.02. The van der Waals surface area contributed by atoms with Gasteiger partial charge in [0.1, 0.15) is 11.2 Å². The lowest BCUT2D eigenvalue weighted by Crippen LogP contribution is -1.78. The van der Waals surface area contributed by atoms with Crippen LogP contribution in [0.25, 0.3) is 33.1 Å². The standard InChI is InChI=1S/C18H11BrO/c19-13-9-10-15-17(11-13)20-16-8-4-7-14(18(15)16)12-5-2-1-3-6-12/h1-11H. The Bertz CT molecular complexity index is 907. The molecule has 0 bridgehead atoms. The summed E-state index contributed by atoms with van der Waals surface area (Å²) < 4.78 is 7.00. The zero-order valence-corrected chi connectivity index (χ0v) is 12.2. The molecule has 0 saturated carbocycles. The number of fused-ring (bicyclic) bond motifs is 3. The molecule has 0 amide bonds. The van der Waals surface area contributed by atoms with Crippen molar-refractivity contribution >= 4 is 37.9 Å². The zero-order chi connectivity index (χ0) is 13.5. The van der Waals surface area contributed by atoms with Gasteiger partial charge in [-0.2, -0.15) is 0 Å². The van der Waals surface area contributed by atoms with Crippen LogP contribution in [0.3, 0.4) is 0 Å². The van der Waals surface area contributed by atoms with E-state index in [0.29, 0.717) is 0 Å². The lowest BCUT2D eigenvalue weighted by molar-refractivity contribution is 0.669. The first-order valence-corrected chi connectivity index (χ1v) is 7.28. The van der Waals surface area contributed by atoms with Gasteiger partial charge in [-0.25, -0.2) is 0 Å². The molecule has 0 fully saturated rings. The first-order chi connectivity index (χ1) is 9.83. The lowest BCUT2D eigenvalue weighted by Gasteiger charge is -2.03. The molecule has 0 radical (unpaired) electrons. The molecule has 20 heavy (non-hydrogen) atoms. The first kappa shape index (κ1) is 11.7. The number of benzene rings is 3. The zero-order valence-electron chi connectivity index (χ0n) is 10.6. The van der Waals surface area contributed by atoms with Gasteiger partial charge in [-0.3, -0.25) is 0 Å². The molecule has 4 rings (SSSR count). The minimum atomic E-state index is 0.915. The van der Waals surface area contributed by atoms with Crippen molar-refractivity contribution in [3.05, 3.63) is 71.2 Å². The average molecular weight is 323 g/mol. The molecule has 0 aliphatic rings. The van der Waals surface area contributed by atoms with Gasteiger partial charge in [-0.05, 0) is 35.4 Å². The largest absolute Gasteiger partial charge is 0.456 e. The van der Waals surface area contributed by atoms with E-state index in [1.54, 1.807) is 0 Å². The van der Waals surface area contributed by atoms with Gasteiger partial charge >= 0.3 is 0 Å². The third kappa shape index (κ3) is 1.76. The molecule has 96 valence electrons. The Balaban J connectivity index is 2.14. The van der Waals surface area contributed by atoms with Crippen molar-refractivity contribution in [3.8, 4) is 11.1 Å². The van der Waals surface area contributed by atoms with E-state index >= 15 is 0 Å². The number of hydrogen-bond donors (Lipinski definition) is 0. The molecule has 0 saturated heterocycles. The Kier molecular flexibility index (Phi) is 2.64. The highest BCUT2D eigenvalue weighted by molar-refractivity contribution is 9.10. The number of hydrogen-bond acceptors (Lipinski definition) is 1. The van der Waals surface area contributed by atoms with Crippen LogP contribution < -0.4 is 0 Å². The molecule has 3 aromatic carbocycles. The van der Waals surface area contributed by atoms with Crippen molar-refractivity contribution in [2.24, 2.45) is 0 Å². The summed E-state index contributed by atoms with van der Waals surface area (Å²) in [4.78, 5) is 0. The van der Waals surface area contributed by atoms with Crippen LogP contribution in [-0.2, 0) is 0 Å². The van der Waals surface area contributed by atoms with Crippen LogP contribution in [0.5, 0.6) is 0 Å². The monoisotopic (exact) mass is 322 g/mol. The minimum Gasteiger partial charge on any atom is -0.456 e. The van der Waals surface area contributed by atoms with Crippen LogP contribution in [-0.4, -0.2) is 0 Å². The van der Waals surface area contributed by atoms with E-state index in [1.807, 2.05) is 24.3 Å². The molecule has 0 aliphatic carbocycles. The second kappa shape index (κ2) is 4.50. The van der Waals surface area contributed by atoms with Gasteiger partial charge in [0.2, 0.25) is 0 Å². The quantitative estimate of drug-likeness (QED) is 0.418. The first-order valence-electron chi connectivity index (χ1n) is 6.49. The van der Waals surface area contributed by atoms with Crippen molar-refractivity contribution in [2.45, 2.75) is 0 Å². The molecular formula is C18H11BrO. The molecule has 1 heterocycles. The topological polar surface area (TPSA) is 13.1 Å². The fourth-order valence-electron chi connectivity index (χ4n) is 2.66. The molecule has 1 nitrogen and oxygen atoms in total. The van der Waals surface area contributed by atoms with Crippen molar-refractivity contribution in [3.63, 3.8) is 0 Å². The summed E-state index contributed by atoms with van der Waals surface area (Å²) in [5, 5.41) is 2.34. The van der Waals surface area contributed by atoms with Gasteiger partial charge < -0.3 is 4.42 Å². The van der Waals surface area contributed by atoms with Gasteiger partial charge in [0.15, 0.2) is 0 Å². The molecule has 4 aromatic rings. The average Bonchev–Trinajstić information content (AvgIpc) is 2.85. The van der Waals surface area contributed by atoms with Crippen LogP contribution >= 0.6 is 15.9 Å². The lowest BCUT2D eigenvalue weighted by atomic mass is 10.00. The van der Waals surface area contributed by atoms with E-state index in [-0.39, 0.29) is 0 Å². The van der Waals surface area contributed by atoms with Crippen molar-refractivity contribution < 1.29 is 4.42 Å². The fourth-order valence-corrected chi connectivity index (χ4v) is 3.00. The number of furan rings is 1. The van der Waals surface area contributed by atoms with Crippen LogP contribution in [0.2, 0.25) is 0 Å². The van der Waals surface area contributed by atoms with Gasteiger partial charge in [0.05, 0.1) is 0 Å². The summed E-state index contributed by atoms with van der Waals surface area (Å²) in [6.07, 6.45) is 0. The van der Waals surface area contributed by atoms with E-state index in [2.05, 4.69) is 58.4 Å². The Hall–Kier alpha value is -2.06. The Morgan fingerprint density at radius 2 is 1.60 bits per heavy atom. The van der Waals surface area contributed by atoms with Crippen LogP contribution in [0.4, 0.5) is 0 Å². The molecule has 0 unspecified atom stereocenters. The van der Waals surface area contributed by atoms with Crippen LogP contribution in [0.1, 0.15) is 0 Å². The van der Waals surface area contributed by atoms with E-state index in [9.17, 15) is 0 Å². The molecular weight excluding hydrogens is 312 g/mol. The van der Waals surface area contributed by atoms with Crippen molar-refractivity contribution in [2.75, 3.05) is 0 Å². The SMILES string of the molecule is Brc1ccc2c(c1)oc1cccc(-c3ccccc3)c12. The molecule has 0 atom stereocenters. The highest BCUT2D eigenvalue weighted by atomic mass is 79.9. The minimum absolute atomic E-state index is 0.915. The third-order valence-corrected chi connectivity index (χ3v) is 4.04. The maximum absolute atomic E-state index is 5.97. The summed E-state index contributed by atoms with van der Waals surface area (Å²) in [5.41, 5.74) is 4.27. The van der Waals surface area contributed by atoms with Crippen LogP contribution in [0, 0.1) is 0 Å². The predicted molar refractivity (Wildman–Crippen MR) is 86.9 cm³/mol. The van der Waals surface area contributed by atoms with E-state index in [1.165, 1.54) is 16.5 Å². The Labute approximate surface area is 125 Å². The maximum Gasteiger partial charge on any atom is 0.136 e. The van der Waals surface area contributed by atoms with E-state index in [4.69, 9.17) is 4.42 Å². The number of halogens is 1.